The average Bonchev–Trinajstić information content (AvgIpc) is 2.95. The van der Waals surface area contributed by atoms with E-state index >= 15 is 0 Å². The van der Waals surface area contributed by atoms with Crippen LogP contribution in [-0.2, 0) is 11.2 Å². The maximum Gasteiger partial charge on any atom is 0.229 e. The van der Waals surface area contributed by atoms with Gasteiger partial charge in [0, 0.05) is 40.7 Å². The molecule has 0 unspecified atom stereocenters. The average molecular weight is 519 g/mol. The molecule has 0 fully saturated rings. The molecule has 0 aliphatic carbocycles. The molecule has 6 aromatic rings. The van der Waals surface area contributed by atoms with Crippen molar-refractivity contribution < 1.29 is 4.79 Å². The maximum atomic E-state index is 13.5. The van der Waals surface area contributed by atoms with Gasteiger partial charge in [-0.1, -0.05) is 48.0 Å². The van der Waals surface area contributed by atoms with E-state index in [1.54, 1.807) is 30.6 Å². The lowest BCUT2D eigenvalue weighted by atomic mass is 10.0. The van der Waals surface area contributed by atoms with Crippen LogP contribution in [-0.4, -0.2) is 30.8 Å². The number of halogens is 1. The third-order valence-corrected chi connectivity index (χ3v) is 6.35. The molecular weight excluding hydrogens is 500 g/mol. The van der Waals surface area contributed by atoms with Crippen molar-refractivity contribution in [1.82, 2.24) is 24.9 Å². The van der Waals surface area contributed by atoms with Crippen LogP contribution in [0.2, 0.25) is 5.02 Å². The summed E-state index contributed by atoms with van der Waals surface area (Å²) in [6.45, 7) is 0. The van der Waals surface area contributed by atoms with Crippen LogP contribution in [0.3, 0.4) is 0 Å². The molecule has 4 aromatic heterocycles. The SMILES string of the molecule is O=C(Cc1c[nH]c2nc(-c3ccccc3)c(-c3cc(Cl)c4ncccc4c3)nc2c1=O)Nc1cccnc1. The molecule has 4 heterocycles. The third-order valence-electron chi connectivity index (χ3n) is 6.06. The molecule has 0 saturated carbocycles. The normalized spacial score (nSPS) is 11.1. The summed E-state index contributed by atoms with van der Waals surface area (Å²) in [4.78, 5) is 47.1. The second-order valence-electron chi connectivity index (χ2n) is 8.63. The molecular formula is C29H19ClN6O2. The number of hydrogen-bond acceptors (Lipinski definition) is 6. The Morgan fingerprint density at radius 3 is 2.53 bits per heavy atom. The number of carbonyl (C=O) groups is 1. The van der Waals surface area contributed by atoms with Gasteiger partial charge in [-0.05, 0) is 30.3 Å². The largest absolute Gasteiger partial charge is 0.344 e. The molecule has 1 amide bonds. The highest BCUT2D eigenvalue weighted by Gasteiger charge is 2.19. The second-order valence-corrected chi connectivity index (χ2v) is 9.03. The van der Waals surface area contributed by atoms with Crippen molar-refractivity contribution in [2.24, 2.45) is 0 Å². The number of fused-ring (bicyclic) bond motifs is 2. The van der Waals surface area contributed by atoms with E-state index in [4.69, 9.17) is 21.6 Å². The molecule has 0 saturated heterocycles. The second kappa shape index (κ2) is 9.84. The highest BCUT2D eigenvalue weighted by molar-refractivity contribution is 6.35. The smallest absolute Gasteiger partial charge is 0.229 e. The van der Waals surface area contributed by atoms with Crippen LogP contribution in [0, 0.1) is 0 Å². The van der Waals surface area contributed by atoms with E-state index in [1.165, 1.54) is 12.4 Å². The summed E-state index contributed by atoms with van der Waals surface area (Å²) in [6.07, 6.45) is 6.21. The number of aromatic amines is 1. The molecule has 0 aliphatic heterocycles. The number of nitrogens with zero attached hydrogens (tertiary/aromatic N) is 4. The molecule has 184 valence electrons. The lowest BCUT2D eigenvalue weighted by Crippen LogP contribution is -2.21. The van der Waals surface area contributed by atoms with E-state index in [-0.39, 0.29) is 28.8 Å². The number of nitrogens with one attached hydrogen (secondary N) is 2. The van der Waals surface area contributed by atoms with Crippen molar-refractivity contribution in [3.63, 3.8) is 0 Å². The van der Waals surface area contributed by atoms with Crippen LogP contribution in [0.1, 0.15) is 5.56 Å². The molecule has 6 rings (SSSR count). The first-order chi connectivity index (χ1) is 18.6. The molecule has 38 heavy (non-hydrogen) atoms. The third kappa shape index (κ3) is 4.49. The minimum Gasteiger partial charge on any atom is -0.344 e. The highest BCUT2D eigenvalue weighted by atomic mass is 35.5. The summed E-state index contributed by atoms with van der Waals surface area (Å²) in [5, 5.41) is 4.05. The number of pyridine rings is 3. The van der Waals surface area contributed by atoms with Gasteiger partial charge in [-0.2, -0.15) is 0 Å². The van der Waals surface area contributed by atoms with Crippen molar-refractivity contribution in [2.75, 3.05) is 5.32 Å². The Balaban J connectivity index is 1.49. The number of aromatic nitrogens is 5. The highest BCUT2D eigenvalue weighted by Crippen LogP contribution is 2.34. The standard InChI is InChI=1S/C29H19ClN6O2/c30-22-13-19(12-18-8-4-11-32-24(18)22)26-25(17-6-2-1-3-7-17)36-29-27(35-26)28(38)20(15-33-29)14-23(37)34-21-9-5-10-31-16-21/h1-13,15-16H,14H2,(H,34,37)(H,33,36,38). The Kier molecular flexibility index (Phi) is 6.07. The quantitative estimate of drug-likeness (QED) is 0.314. The van der Waals surface area contributed by atoms with E-state index in [0.29, 0.717) is 38.8 Å². The number of hydrogen-bond donors (Lipinski definition) is 2. The summed E-state index contributed by atoms with van der Waals surface area (Å²) in [5.74, 6) is -0.342. The van der Waals surface area contributed by atoms with Gasteiger partial charge in [-0.15, -0.1) is 0 Å². The molecule has 0 atom stereocenters. The van der Waals surface area contributed by atoms with Crippen molar-refractivity contribution in [3.05, 3.63) is 112 Å². The Bertz CT molecular complexity index is 1870. The topological polar surface area (TPSA) is 114 Å². The predicted octanol–water partition coefficient (Wildman–Crippen LogP) is 5.43. The predicted molar refractivity (Wildman–Crippen MR) is 148 cm³/mol. The van der Waals surface area contributed by atoms with E-state index < -0.39 is 0 Å². The van der Waals surface area contributed by atoms with Crippen molar-refractivity contribution in [1.29, 1.82) is 0 Å². The van der Waals surface area contributed by atoms with E-state index in [0.717, 1.165) is 10.9 Å². The molecule has 0 radical (unpaired) electrons. The molecule has 2 aromatic carbocycles. The zero-order chi connectivity index (χ0) is 26.1. The van der Waals surface area contributed by atoms with Gasteiger partial charge in [-0.25, -0.2) is 9.97 Å². The maximum absolute atomic E-state index is 13.5. The van der Waals surface area contributed by atoms with Gasteiger partial charge in [0.15, 0.2) is 11.2 Å². The van der Waals surface area contributed by atoms with Crippen LogP contribution in [0.15, 0.2) is 96.3 Å². The van der Waals surface area contributed by atoms with E-state index in [2.05, 4.69) is 20.3 Å². The van der Waals surface area contributed by atoms with Gasteiger partial charge in [-0.3, -0.25) is 19.6 Å². The zero-order valence-electron chi connectivity index (χ0n) is 19.9. The molecule has 9 heteroatoms. The first kappa shape index (κ1) is 23.4. The van der Waals surface area contributed by atoms with Gasteiger partial charge in [0.2, 0.25) is 11.3 Å². The first-order valence-electron chi connectivity index (χ1n) is 11.8. The van der Waals surface area contributed by atoms with Gasteiger partial charge < -0.3 is 10.3 Å². The van der Waals surface area contributed by atoms with Gasteiger partial charge in [0.05, 0.1) is 40.2 Å². The van der Waals surface area contributed by atoms with Gasteiger partial charge >= 0.3 is 0 Å². The zero-order valence-corrected chi connectivity index (χ0v) is 20.6. The fraction of sp³-hybridized carbons (Fsp3) is 0.0345. The van der Waals surface area contributed by atoms with Crippen molar-refractivity contribution in [2.45, 2.75) is 6.42 Å². The Morgan fingerprint density at radius 1 is 0.895 bits per heavy atom. The fourth-order valence-electron chi connectivity index (χ4n) is 4.30. The van der Waals surface area contributed by atoms with Crippen LogP contribution in [0.25, 0.3) is 44.6 Å². The Morgan fingerprint density at radius 2 is 1.71 bits per heavy atom. The molecule has 0 spiro atoms. The molecule has 0 aliphatic rings. The molecule has 0 bridgehead atoms. The van der Waals surface area contributed by atoms with Gasteiger partial charge in [0.25, 0.3) is 0 Å². The van der Waals surface area contributed by atoms with Crippen LogP contribution >= 0.6 is 11.6 Å². The molecule has 8 nitrogen and oxygen atoms in total. The lowest BCUT2D eigenvalue weighted by molar-refractivity contribution is -0.115. The molecule has 2 N–H and O–H groups in total. The number of H-pyrrole nitrogens is 1. The summed E-state index contributed by atoms with van der Waals surface area (Å²) in [7, 11) is 0. The number of rotatable bonds is 5. The van der Waals surface area contributed by atoms with Crippen molar-refractivity contribution in [3.8, 4) is 22.5 Å². The summed E-state index contributed by atoms with van der Waals surface area (Å²) in [5.41, 5.74) is 4.20. The number of anilines is 1. The first-order valence-corrected chi connectivity index (χ1v) is 12.2. The van der Waals surface area contributed by atoms with Crippen LogP contribution < -0.4 is 10.7 Å². The fourth-order valence-corrected chi connectivity index (χ4v) is 4.57. The van der Waals surface area contributed by atoms with Crippen LogP contribution in [0.5, 0.6) is 0 Å². The summed E-state index contributed by atoms with van der Waals surface area (Å²) in [6, 6.07) is 20.5. The Labute approximate surface area is 221 Å². The van der Waals surface area contributed by atoms with Gasteiger partial charge in [0.1, 0.15) is 0 Å². The Hall–Kier alpha value is -4.95. The lowest BCUT2D eigenvalue weighted by Gasteiger charge is -2.12. The van der Waals surface area contributed by atoms with E-state index in [9.17, 15) is 9.59 Å². The number of carbonyl (C=O) groups excluding carboxylic acids is 1. The van der Waals surface area contributed by atoms with Crippen molar-refractivity contribution >= 4 is 45.3 Å². The number of benzene rings is 2. The van der Waals surface area contributed by atoms with E-state index in [1.807, 2.05) is 48.5 Å². The number of amides is 1. The minimum atomic E-state index is -0.373. The monoisotopic (exact) mass is 518 g/mol. The summed E-state index contributed by atoms with van der Waals surface area (Å²) >= 11 is 6.58. The van der Waals surface area contributed by atoms with Crippen LogP contribution in [0.4, 0.5) is 5.69 Å². The summed E-state index contributed by atoms with van der Waals surface area (Å²) < 4.78 is 0. The minimum absolute atomic E-state index is 0.133.